The van der Waals surface area contributed by atoms with E-state index in [-0.39, 0.29) is 30.5 Å². The van der Waals surface area contributed by atoms with Crippen LogP contribution in [-0.2, 0) is 11.2 Å². The van der Waals surface area contributed by atoms with E-state index in [0.29, 0.717) is 5.56 Å². The minimum atomic E-state index is -2.86. The molecule has 0 aliphatic carbocycles. The zero-order chi connectivity index (χ0) is 16.0. The Balaban J connectivity index is 2.48. The van der Waals surface area contributed by atoms with Gasteiger partial charge in [0.25, 0.3) is 0 Å². The van der Waals surface area contributed by atoms with Gasteiger partial charge in [-0.1, -0.05) is 26.0 Å². The predicted molar refractivity (Wildman–Crippen MR) is 75.2 cm³/mol. The van der Waals surface area contributed by atoms with Gasteiger partial charge in [-0.25, -0.2) is 0 Å². The van der Waals surface area contributed by atoms with Gasteiger partial charge in [-0.15, -0.1) is 0 Å². The first-order valence-corrected chi connectivity index (χ1v) is 6.73. The molecule has 0 saturated heterocycles. The molecule has 0 aliphatic rings. The van der Waals surface area contributed by atoms with E-state index in [1.54, 1.807) is 19.1 Å². The van der Waals surface area contributed by atoms with Gasteiger partial charge in [-0.05, 0) is 30.5 Å². The second kappa shape index (κ2) is 7.36. The SMILES string of the molecule is CC(C)C(C)(O)CNC(=O)Cc1ccc(OC(F)F)cc1. The number of hydrogen-bond donors (Lipinski definition) is 2. The first kappa shape index (κ1) is 17.4. The number of nitrogens with one attached hydrogen (secondary N) is 1. The van der Waals surface area contributed by atoms with Crippen molar-refractivity contribution in [2.45, 2.75) is 39.4 Å². The third-order valence-corrected chi connectivity index (χ3v) is 3.40. The van der Waals surface area contributed by atoms with Crippen LogP contribution in [0.25, 0.3) is 0 Å². The fourth-order valence-corrected chi connectivity index (χ4v) is 1.52. The number of hydrogen-bond acceptors (Lipinski definition) is 3. The molecule has 6 heteroatoms. The van der Waals surface area contributed by atoms with Crippen molar-refractivity contribution >= 4 is 5.91 Å². The molecule has 0 bridgehead atoms. The number of rotatable bonds is 7. The number of alkyl halides is 2. The molecular weight excluding hydrogens is 280 g/mol. The highest BCUT2D eigenvalue weighted by Crippen LogP contribution is 2.16. The molecule has 1 aromatic carbocycles. The van der Waals surface area contributed by atoms with E-state index in [2.05, 4.69) is 10.1 Å². The molecule has 1 aromatic rings. The molecule has 0 radical (unpaired) electrons. The molecule has 21 heavy (non-hydrogen) atoms. The summed E-state index contributed by atoms with van der Waals surface area (Å²) in [6, 6.07) is 5.88. The molecule has 118 valence electrons. The molecule has 1 atom stereocenters. The lowest BCUT2D eigenvalue weighted by atomic mass is 9.92. The first-order valence-electron chi connectivity index (χ1n) is 6.73. The van der Waals surface area contributed by atoms with Crippen LogP contribution in [0.4, 0.5) is 8.78 Å². The van der Waals surface area contributed by atoms with Gasteiger partial charge >= 0.3 is 6.61 Å². The van der Waals surface area contributed by atoms with Gasteiger partial charge in [-0.2, -0.15) is 8.78 Å². The fourth-order valence-electron chi connectivity index (χ4n) is 1.52. The highest BCUT2D eigenvalue weighted by molar-refractivity contribution is 5.78. The van der Waals surface area contributed by atoms with Gasteiger partial charge in [-0.3, -0.25) is 4.79 Å². The molecule has 0 saturated carbocycles. The van der Waals surface area contributed by atoms with Crippen molar-refractivity contribution in [1.82, 2.24) is 5.32 Å². The van der Waals surface area contributed by atoms with Crippen molar-refractivity contribution in [2.24, 2.45) is 5.92 Å². The van der Waals surface area contributed by atoms with Crippen LogP contribution >= 0.6 is 0 Å². The largest absolute Gasteiger partial charge is 0.435 e. The Kier molecular flexibility index (Phi) is 6.08. The lowest BCUT2D eigenvalue weighted by molar-refractivity contribution is -0.122. The van der Waals surface area contributed by atoms with Crippen LogP contribution in [0.2, 0.25) is 0 Å². The van der Waals surface area contributed by atoms with E-state index in [0.717, 1.165) is 0 Å². The van der Waals surface area contributed by atoms with Crippen LogP contribution in [0.15, 0.2) is 24.3 Å². The Hall–Kier alpha value is -1.69. The summed E-state index contributed by atoms with van der Waals surface area (Å²) in [5.74, 6) is -0.168. The van der Waals surface area contributed by atoms with Gasteiger partial charge in [0.2, 0.25) is 5.91 Å². The van der Waals surface area contributed by atoms with Crippen molar-refractivity contribution in [3.05, 3.63) is 29.8 Å². The van der Waals surface area contributed by atoms with Gasteiger partial charge in [0.1, 0.15) is 5.75 Å². The van der Waals surface area contributed by atoms with Gasteiger partial charge in [0, 0.05) is 6.54 Å². The van der Waals surface area contributed by atoms with Crippen LogP contribution in [0.3, 0.4) is 0 Å². The van der Waals surface area contributed by atoms with E-state index in [4.69, 9.17) is 0 Å². The van der Waals surface area contributed by atoms with Crippen molar-refractivity contribution < 1.29 is 23.4 Å². The molecule has 0 fully saturated rings. The van der Waals surface area contributed by atoms with Crippen LogP contribution in [0.5, 0.6) is 5.75 Å². The maximum atomic E-state index is 12.0. The normalized spacial score (nSPS) is 14.1. The number of ether oxygens (including phenoxy) is 1. The lowest BCUT2D eigenvalue weighted by Crippen LogP contribution is -2.44. The Bertz CT molecular complexity index is 458. The lowest BCUT2D eigenvalue weighted by Gasteiger charge is -2.27. The molecule has 0 aliphatic heterocycles. The third-order valence-electron chi connectivity index (χ3n) is 3.40. The molecule has 0 heterocycles. The summed E-state index contributed by atoms with van der Waals surface area (Å²) in [6.07, 6.45) is 0.114. The van der Waals surface area contributed by atoms with E-state index in [1.807, 2.05) is 13.8 Å². The van der Waals surface area contributed by atoms with Crippen molar-refractivity contribution in [2.75, 3.05) is 6.54 Å². The van der Waals surface area contributed by atoms with Crippen LogP contribution in [-0.4, -0.2) is 29.8 Å². The minimum absolute atomic E-state index is 0.0172. The monoisotopic (exact) mass is 301 g/mol. The van der Waals surface area contributed by atoms with Gasteiger partial charge < -0.3 is 15.2 Å². The fraction of sp³-hybridized carbons (Fsp3) is 0.533. The number of carbonyl (C=O) groups excluding carboxylic acids is 1. The zero-order valence-corrected chi connectivity index (χ0v) is 12.4. The summed E-state index contributed by atoms with van der Waals surface area (Å²) in [5.41, 5.74) is -0.289. The Morgan fingerprint density at radius 2 is 1.90 bits per heavy atom. The number of amides is 1. The molecule has 0 aromatic heterocycles. The van der Waals surface area contributed by atoms with Crippen molar-refractivity contribution in [3.8, 4) is 5.75 Å². The first-order chi connectivity index (χ1) is 9.70. The van der Waals surface area contributed by atoms with Crippen LogP contribution < -0.4 is 10.1 Å². The van der Waals surface area contributed by atoms with Gasteiger partial charge in [0.05, 0.1) is 12.0 Å². The van der Waals surface area contributed by atoms with Crippen LogP contribution in [0.1, 0.15) is 26.3 Å². The molecular formula is C15H21F2NO3. The minimum Gasteiger partial charge on any atom is -0.435 e. The number of benzene rings is 1. The topological polar surface area (TPSA) is 58.6 Å². The zero-order valence-electron chi connectivity index (χ0n) is 12.4. The van der Waals surface area contributed by atoms with Crippen LogP contribution in [0, 0.1) is 5.92 Å². The highest BCUT2D eigenvalue weighted by Gasteiger charge is 2.25. The summed E-state index contributed by atoms with van der Waals surface area (Å²) in [7, 11) is 0. The maximum Gasteiger partial charge on any atom is 0.387 e. The summed E-state index contributed by atoms with van der Waals surface area (Å²) >= 11 is 0. The van der Waals surface area contributed by atoms with E-state index >= 15 is 0 Å². The molecule has 1 unspecified atom stereocenters. The average Bonchev–Trinajstić information content (AvgIpc) is 2.38. The molecule has 4 nitrogen and oxygen atoms in total. The Morgan fingerprint density at radius 1 is 1.33 bits per heavy atom. The quantitative estimate of drug-likeness (QED) is 0.813. The third kappa shape index (κ3) is 6.08. The van der Waals surface area contributed by atoms with E-state index < -0.39 is 12.2 Å². The standard InChI is InChI=1S/C15H21F2NO3/c1-10(2)15(3,20)9-18-13(19)8-11-4-6-12(7-5-11)21-14(16)17/h4-7,10,14,20H,8-9H2,1-3H3,(H,18,19). The summed E-state index contributed by atoms with van der Waals surface area (Å²) in [4.78, 5) is 11.8. The smallest absolute Gasteiger partial charge is 0.387 e. The molecule has 0 spiro atoms. The average molecular weight is 301 g/mol. The molecule has 1 amide bonds. The van der Waals surface area contributed by atoms with Gasteiger partial charge in [0.15, 0.2) is 0 Å². The van der Waals surface area contributed by atoms with Crippen molar-refractivity contribution in [3.63, 3.8) is 0 Å². The molecule has 1 rings (SSSR count). The van der Waals surface area contributed by atoms with E-state index in [1.165, 1.54) is 12.1 Å². The highest BCUT2D eigenvalue weighted by atomic mass is 19.3. The number of carbonyl (C=O) groups is 1. The number of halogens is 2. The Morgan fingerprint density at radius 3 is 2.38 bits per heavy atom. The van der Waals surface area contributed by atoms with Crippen molar-refractivity contribution in [1.29, 1.82) is 0 Å². The second-order valence-electron chi connectivity index (χ2n) is 5.49. The summed E-state index contributed by atoms with van der Waals surface area (Å²) < 4.78 is 28.2. The Labute approximate surface area is 123 Å². The number of aliphatic hydroxyl groups is 1. The summed E-state index contributed by atoms with van der Waals surface area (Å²) in [5, 5.41) is 12.7. The maximum absolute atomic E-state index is 12.0. The van der Waals surface area contributed by atoms with E-state index in [9.17, 15) is 18.7 Å². The predicted octanol–water partition coefficient (Wildman–Crippen LogP) is 2.35. The second-order valence-corrected chi connectivity index (χ2v) is 5.49. The summed E-state index contributed by atoms with van der Waals surface area (Å²) in [6.45, 7) is 2.70. The molecule has 2 N–H and O–H groups in total.